The molecule has 1 aromatic heterocycles. The largest absolute Gasteiger partial charge is 0.356 e. The van der Waals surface area contributed by atoms with Crippen LogP contribution in [-0.2, 0) is 6.42 Å². The maximum atomic E-state index is 4.71. The summed E-state index contributed by atoms with van der Waals surface area (Å²) < 4.78 is 4.59. The fourth-order valence-corrected chi connectivity index (χ4v) is 3.60. The van der Waals surface area contributed by atoms with E-state index in [1.807, 2.05) is 0 Å². The fourth-order valence-electron chi connectivity index (χ4n) is 2.77. The summed E-state index contributed by atoms with van der Waals surface area (Å²) in [5, 5.41) is 4.34. The number of nitrogens with zero attached hydrogens (tertiary/aromatic N) is 2. The van der Waals surface area contributed by atoms with Crippen molar-refractivity contribution in [1.29, 1.82) is 0 Å². The van der Waals surface area contributed by atoms with Crippen molar-refractivity contribution in [2.75, 3.05) is 5.32 Å². The van der Waals surface area contributed by atoms with E-state index in [4.69, 9.17) is 4.98 Å². The molecular weight excluding hydrogens is 266 g/mol. The monoisotopic (exact) mass is 287 g/mol. The van der Waals surface area contributed by atoms with Crippen molar-refractivity contribution >= 4 is 16.7 Å². The first-order valence-corrected chi connectivity index (χ1v) is 8.00. The molecule has 1 unspecified atom stereocenters. The lowest BCUT2D eigenvalue weighted by atomic mass is 9.82. The second kappa shape index (κ2) is 5.17. The van der Waals surface area contributed by atoms with Crippen molar-refractivity contribution in [2.45, 2.75) is 51.5 Å². The van der Waals surface area contributed by atoms with E-state index in [2.05, 4.69) is 54.7 Å². The molecule has 0 radical (unpaired) electrons. The third kappa shape index (κ3) is 2.85. The summed E-state index contributed by atoms with van der Waals surface area (Å²) in [4.78, 5) is 4.71. The van der Waals surface area contributed by atoms with Gasteiger partial charge in [-0.3, -0.25) is 0 Å². The van der Waals surface area contributed by atoms with Gasteiger partial charge in [-0.2, -0.15) is 4.37 Å². The number of aryl methyl sites for hydroxylation is 1. The van der Waals surface area contributed by atoms with Crippen molar-refractivity contribution < 1.29 is 0 Å². The molecule has 0 fully saturated rings. The van der Waals surface area contributed by atoms with Gasteiger partial charge < -0.3 is 5.32 Å². The molecule has 1 heterocycles. The number of fused-ring (bicyclic) bond motifs is 1. The number of hydrogen-bond acceptors (Lipinski definition) is 4. The third-order valence-corrected chi connectivity index (χ3v) is 4.25. The first kappa shape index (κ1) is 13.6. The Morgan fingerprint density at radius 2 is 2.05 bits per heavy atom. The second-order valence-corrected chi connectivity index (χ2v) is 7.23. The van der Waals surface area contributed by atoms with E-state index in [-0.39, 0.29) is 5.54 Å². The van der Waals surface area contributed by atoms with Crippen LogP contribution in [0.1, 0.15) is 56.5 Å². The van der Waals surface area contributed by atoms with Gasteiger partial charge in [-0.05, 0) is 51.2 Å². The Hall–Kier alpha value is -1.42. The molecule has 0 saturated carbocycles. The lowest BCUT2D eigenvalue weighted by Gasteiger charge is -2.23. The Morgan fingerprint density at radius 1 is 1.25 bits per heavy atom. The highest BCUT2D eigenvalue weighted by atomic mass is 32.1. The molecule has 0 spiro atoms. The van der Waals surface area contributed by atoms with Crippen molar-refractivity contribution in [3.8, 4) is 0 Å². The number of rotatable bonds is 2. The van der Waals surface area contributed by atoms with Gasteiger partial charge in [-0.15, -0.1) is 0 Å². The molecule has 20 heavy (non-hydrogen) atoms. The minimum Gasteiger partial charge on any atom is -0.356 e. The Balaban J connectivity index is 1.88. The summed E-state index contributed by atoms with van der Waals surface area (Å²) in [5.41, 5.74) is 2.91. The minimum atomic E-state index is 0.0290. The van der Waals surface area contributed by atoms with Gasteiger partial charge in [0.2, 0.25) is 5.13 Å². The zero-order chi connectivity index (χ0) is 14.2. The van der Waals surface area contributed by atoms with Gasteiger partial charge in [-0.25, -0.2) is 4.98 Å². The third-order valence-electron chi connectivity index (χ3n) is 3.60. The Labute approximate surface area is 124 Å². The smallest absolute Gasteiger partial charge is 0.202 e. The van der Waals surface area contributed by atoms with Crippen LogP contribution in [0.15, 0.2) is 24.3 Å². The molecular formula is C16H21N3S. The van der Waals surface area contributed by atoms with Crippen LogP contribution >= 0.6 is 11.5 Å². The van der Waals surface area contributed by atoms with Crippen LogP contribution < -0.4 is 5.32 Å². The number of benzene rings is 1. The Kier molecular flexibility index (Phi) is 3.50. The summed E-state index contributed by atoms with van der Waals surface area (Å²) in [7, 11) is 0. The lowest BCUT2D eigenvalue weighted by Crippen LogP contribution is -2.26. The average Bonchev–Trinajstić information content (AvgIpc) is 2.84. The first-order chi connectivity index (χ1) is 9.53. The van der Waals surface area contributed by atoms with Gasteiger partial charge in [0.15, 0.2) is 5.82 Å². The summed E-state index contributed by atoms with van der Waals surface area (Å²) in [6.45, 7) is 6.43. The number of aromatic nitrogens is 2. The van der Waals surface area contributed by atoms with Crippen LogP contribution in [0.2, 0.25) is 0 Å². The SMILES string of the molecule is CC(C)(C)Nc1nc(C2CCCc3ccccc32)ns1. The number of anilines is 1. The zero-order valence-electron chi connectivity index (χ0n) is 12.3. The van der Waals surface area contributed by atoms with Gasteiger partial charge in [0.1, 0.15) is 0 Å². The summed E-state index contributed by atoms with van der Waals surface area (Å²) in [5.74, 6) is 1.35. The quantitative estimate of drug-likeness (QED) is 0.898. The van der Waals surface area contributed by atoms with Crippen LogP contribution in [0.4, 0.5) is 5.13 Å². The number of nitrogens with one attached hydrogen (secondary N) is 1. The molecule has 1 aliphatic rings. The molecule has 1 aromatic carbocycles. The van der Waals surface area contributed by atoms with Crippen LogP contribution in [0.5, 0.6) is 0 Å². The molecule has 1 atom stereocenters. The van der Waals surface area contributed by atoms with Crippen molar-refractivity contribution in [1.82, 2.24) is 9.36 Å². The first-order valence-electron chi connectivity index (χ1n) is 7.22. The molecule has 0 amide bonds. The maximum Gasteiger partial charge on any atom is 0.202 e. The molecule has 0 aliphatic heterocycles. The highest BCUT2D eigenvalue weighted by Gasteiger charge is 2.25. The number of hydrogen-bond donors (Lipinski definition) is 1. The molecule has 0 bridgehead atoms. The van der Waals surface area contributed by atoms with E-state index in [0.717, 1.165) is 17.4 Å². The topological polar surface area (TPSA) is 37.8 Å². The summed E-state index contributed by atoms with van der Waals surface area (Å²) >= 11 is 1.47. The maximum absolute atomic E-state index is 4.71. The van der Waals surface area contributed by atoms with Gasteiger partial charge in [0.05, 0.1) is 0 Å². The van der Waals surface area contributed by atoms with Crippen molar-refractivity contribution in [3.63, 3.8) is 0 Å². The molecule has 3 nitrogen and oxygen atoms in total. The predicted molar refractivity (Wildman–Crippen MR) is 84.5 cm³/mol. The van der Waals surface area contributed by atoms with Crippen molar-refractivity contribution in [2.24, 2.45) is 0 Å². The molecule has 4 heteroatoms. The summed E-state index contributed by atoms with van der Waals surface area (Å²) in [6, 6.07) is 8.72. The molecule has 106 valence electrons. The highest BCUT2D eigenvalue weighted by molar-refractivity contribution is 7.09. The van der Waals surface area contributed by atoms with Crippen molar-refractivity contribution in [3.05, 3.63) is 41.2 Å². The van der Waals surface area contributed by atoms with Gasteiger partial charge in [-0.1, -0.05) is 24.3 Å². The van der Waals surface area contributed by atoms with Crippen LogP contribution in [0.25, 0.3) is 0 Å². The standard InChI is InChI=1S/C16H21N3S/c1-16(2,3)18-15-17-14(19-20-15)13-10-6-8-11-7-4-5-9-12(11)13/h4-5,7,9,13H,6,8,10H2,1-3H3,(H,17,18,19). The molecule has 1 aliphatic carbocycles. The predicted octanol–water partition coefficient (Wildman–Crippen LogP) is 4.22. The average molecular weight is 287 g/mol. The highest BCUT2D eigenvalue weighted by Crippen LogP contribution is 2.36. The molecule has 2 aromatic rings. The molecule has 3 rings (SSSR count). The second-order valence-electron chi connectivity index (χ2n) is 6.48. The lowest BCUT2D eigenvalue weighted by molar-refractivity contribution is 0.594. The van der Waals surface area contributed by atoms with E-state index in [0.29, 0.717) is 5.92 Å². The summed E-state index contributed by atoms with van der Waals surface area (Å²) in [6.07, 6.45) is 3.57. The fraction of sp³-hybridized carbons (Fsp3) is 0.500. The van der Waals surface area contributed by atoms with E-state index < -0.39 is 0 Å². The normalized spacial score (nSPS) is 18.6. The van der Waals surface area contributed by atoms with E-state index in [1.54, 1.807) is 0 Å². The molecule has 1 N–H and O–H groups in total. The Bertz CT molecular complexity index is 598. The minimum absolute atomic E-state index is 0.0290. The van der Waals surface area contributed by atoms with Gasteiger partial charge >= 0.3 is 0 Å². The van der Waals surface area contributed by atoms with E-state index in [9.17, 15) is 0 Å². The van der Waals surface area contributed by atoms with Crippen LogP contribution in [0.3, 0.4) is 0 Å². The Morgan fingerprint density at radius 3 is 2.85 bits per heavy atom. The van der Waals surface area contributed by atoms with Gasteiger partial charge in [0.25, 0.3) is 0 Å². The van der Waals surface area contributed by atoms with E-state index >= 15 is 0 Å². The van der Waals surface area contributed by atoms with Gasteiger partial charge in [0, 0.05) is 23.0 Å². The van der Waals surface area contributed by atoms with Crippen LogP contribution in [-0.4, -0.2) is 14.9 Å². The van der Waals surface area contributed by atoms with Crippen LogP contribution in [0, 0.1) is 0 Å². The molecule has 0 saturated heterocycles. The zero-order valence-corrected chi connectivity index (χ0v) is 13.1. The van der Waals surface area contributed by atoms with E-state index in [1.165, 1.54) is 35.5 Å².